The normalized spacial score (nSPS) is 10.5. The second-order valence-corrected chi connectivity index (χ2v) is 5.35. The second-order valence-electron chi connectivity index (χ2n) is 3.25. The summed E-state index contributed by atoms with van der Waals surface area (Å²) >= 11 is 0. The zero-order chi connectivity index (χ0) is 12.7. The van der Waals surface area contributed by atoms with Crippen LogP contribution in [0.2, 0.25) is 0 Å². The quantitative estimate of drug-likeness (QED) is 0.814. The molecule has 4 nitrogen and oxygen atoms in total. The molecule has 0 heterocycles. The van der Waals surface area contributed by atoms with E-state index >= 15 is 0 Å². The highest BCUT2D eigenvalue weighted by atomic mass is 32.2. The number of nitrogens with one attached hydrogen (secondary N) is 1. The van der Waals surface area contributed by atoms with Crippen LogP contribution >= 0.6 is 0 Å². The highest BCUT2D eigenvalue weighted by Gasteiger charge is 2.02. The Kier molecular flexibility index (Phi) is 5.01. The molecular weight excluding hydrogens is 238 g/mol. The van der Waals surface area contributed by atoms with Crippen LogP contribution in [0.1, 0.15) is 12.5 Å². The molecule has 5 heteroatoms. The van der Waals surface area contributed by atoms with Gasteiger partial charge in [0, 0.05) is 5.56 Å². The molecule has 0 aliphatic carbocycles. The van der Waals surface area contributed by atoms with Crippen molar-refractivity contribution in [2.75, 3.05) is 19.4 Å². The maximum Gasteiger partial charge on any atom is 0.212 e. The van der Waals surface area contributed by atoms with E-state index in [2.05, 4.69) is 16.6 Å². The lowest BCUT2D eigenvalue weighted by atomic mass is 10.2. The van der Waals surface area contributed by atoms with E-state index in [0.29, 0.717) is 0 Å². The van der Waals surface area contributed by atoms with Crippen LogP contribution in [0.4, 0.5) is 0 Å². The molecule has 1 aromatic rings. The molecule has 0 saturated heterocycles. The van der Waals surface area contributed by atoms with Gasteiger partial charge in [-0.05, 0) is 31.2 Å². The van der Waals surface area contributed by atoms with Crippen molar-refractivity contribution in [3.05, 3.63) is 29.8 Å². The van der Waals surface area contributed by atoms with E-state index in [0.717, 1.165) is 11.3 Å². The molecule has 0 aliphatic heterocycles. The van der Waals surface area contributed by atoms with Crippen molar-refractivity contribution in [2.24, 2.45) is 0 Å². The van der Waals surface area contributed by atoms with Gasteiger partial charge in [0.2, 0.25) is 10.0 Å². The van der Waals surface area contributed by atoms with Gasteiger partial charge in [-0.2, -0.15) is 0 Å². The fourth-order valence-corrected chi connectivity index (χ4v) is 1.56. The van der Waals surface area contributed by atoms with Gasteiger partial charge in [0.05, 0.1) is 19.4 Å². The number of hydrogen-bond acceptors (Lipinski definition) is 3. The van der Waals surface area contributed by atoms with Crippen LogP contribution < -0.4 is 9.46 Å². The molecule has 0 unspecified atom stereocenters. The van der Waals surface area contributed by atoms with Gasteiger partial charge in [0.25, 0.3) is 0 Å². The average molecular weight is 253 g/mol. The molecule has 1 aromatic carbocycles. The molecule has 0 radical (unpaired) electrons. The molecule has 92 valence electrons. The van der Waals surface area contributed by atoms with E-state index in [9.17, 15) is 8.42 Å². The molecule has 0 aromatic heterocycles. The van der Waals surface area contributed by atoms with Gasteiger partial charge in [-0.25, -0.2) is 13.1 Å². The molecule has 0 bridgehead atoms. The number of hydrogen-bond donors (Lipinski definition) is 1. The van der Waals surface area contributed by atoms with E-state index in [1.54, 1.807) is 26.2 Å². The summed E-state index contributed by atoms with van der Waals surface area (Å²) in [6.07, 6.45) is 0. The standard InChI is InChI=1S/C12H15NO3S/c1-3-17(14,15)13-10-4-5-11-6-8-12(16-2)9-7-11/h6-9,13H,3,10H2,1-2H3. The first-order valence-electron chi connectivity index (χ1n) is 5.17. The first-order valence-corrected chi connectivity index (χ1v) is 6.83. The van der Waals surface area contributed by atoms with Crippen molar-refractivity contribution in [3.8, 4) is 17.6 Å². The van der Waals surface area contributed by atoms with E-state index in [1.807, 2.05) is 12.1 Å². The number of rotatable bonds is 4. The van der Waals surface area contributed by atoms with Crippen molar-refractivity contribution in [3.63, 3.8) is 0 Å². The number of sulfonamides is 1. The van der Waals surface area contributed by atoms with E-state index in [1.165, 1.54) is 0 Å². The lowest BCUT2D eigenvalue weighted by Gasteiger charge is -1.98. The summed E-state index contributed by atoms with van der Waals surface area (Å²) in [4.78, 5) is 0. The highest BCUT2D eigenvalue weighted by molar-refractivity contribution is 7.89. The first-order chi connectivity index (χ1) is 8.07. The van der Waals surface area contributed by atoms with Crippen LogP contribution in [0, 0.1) is 11.8 Å². The van der Waals surface area contributed by atoms with Crippen LogP contribution in [0.5, 0.6) is 5.75 Å². The van der Waals surface area contributed by atoms with E-state index in [4.69, 9.17) is 4.74 Å². The Hall–Kier alpha value is -1.51. The van der Waals surface area contributed by atoms with Crippen molar-refractivity contribution < 1.29 is 13.2 Å². The molecule has 1 N–H and O–H groups in total. The van der Waals surface area contributed by atoms with Crippen LogP contribution in [0.15, 0.2) is 24.3 Å². The Morgan fingerprint density at radius 2 is 1.94 bits per heavy atom. The first kappa shape index (κ1) is 13.6. The lowest BCUT2D eigenvalue weighted by Crippen LogP contribution is -2.25. The van der Waals surface area contributed by atoms with Gasteiger partial charge in [-0.3, -0.25) is 0 Å². The molecular formula is C12H15NO3S. The van der Waals surface area contributed by atoms with Gasteiger partial charge in [0.15, 0.2) is 0 Å². The summed E-state index contributed by atoms with van der Waals surface area (Å²) in [7, 11) is -1.56. The van der Waals surface area contributed by atoms with Gasteiger partial charge < -0.3 is 4.74 Å². The number of ether oxygens (including phenoxy) is 1. The third-order valence-electron chi connectivity index (χ3n) is 2.08. The third-order valence-corrected chi connectivity index (χ3v) is 3.43. The van der Waals surface area contributed by atoms with Crippen LogP contribution in [0.3, 0.4) is 0 Å². The Morgan fingerprint density at radius 1 is 1.29 bits per heavy atom. The number of benzene rings is 1. The molecule has 0 amide bonds. The van der Waals surface area contributed by atoms with E-state index < -0.39 is 10.0 Å². The highest BCUT2D eigenvalue weighted by Crippen LogP contribution is 2.09. The van der Waals surface area contributed by atoms with Crippen molar-refractivity contribution in [2.45, 2.75) is 6.92 Å². The maximum atomic E-state index is 11.1. The largest absolute Gasteiger partial charge is 0.497 e. The monoisotopic (exact) mass is 253 g/mol. The smallest absolute Gasteiger partial charge is 0.212 e. The molecule has 0 atom stereocenters. The van der Waals surface area contributed by atoms with Crippen molar-refractivity contribution in [1.82, 2.24) is 4.72 Å². The minimum absolute atomic E-state index is 0.0667. The summed E-state index contributed by atoms with van der Waals surface area (Å²) in [5, 5.41) is 0. The van der Waals surface area contributed by atoms with Crippen LogP contribution in [-0.2, 0) is 10.0 Å². The minimum Gasteiger partial charge on any atom is -0.497 e. The summed E-state index contributed by atoms with van der Waals surface area (Å²) in [6.45, 7) is 1.71. The van der Waals surface area contributed by atoms with Crippen molar-refractivity contribution in [1.29, 1.82) is 0 Å². The van der Waals surface area contributed by atoms with Crippen LogP contribution in [0.25, 0.3) is 0 Å². The summed E-state index contributed by atoms with van der Waals surface area (Å²) in [5.41, 5.74) is 0.821. The molecule has 0 fully saturated rings. The average Bonchev–Trinajstić information content (AvgIpc) is 2.35. The van der Waals surface area contributed by atoms with E-state index in [-0.39, 0.29) is 12.3 Å². The van der Waals surface area contributed by atoms with Gasteiger partial charge in [0.1, 0.15) is 5.75 Å². The molecule has 1 rings (SSSR count). The molecule has 0 aliphatic rings. The SMILES string of the molecule is CCS(=O)(=O)NCC#Cc1ccc(OC)cc1. The summed E-state index contributed by atoms with van der Waals surface area (Å²) in [5.74, 6) is 6.44. The molecule has 0 saturated carbocycles. The minimum atomic E-state index is -3.16. The fraction of sp³-hybridized carbons (Fsp3) is 0.333. The zero-order valence-corrected chi connectivity index (χ0v) is 10.7. The Labute approximate surface area is 102 Å². The van der Waals surface area contributed by atoms with Gasteiger partial charge >= 0.3 is 0 Å². The predicted molar refractivity (Wildman–Crippen MR) is 67.3 cm³/mol. The lowest BCUT2D eigenvalue weighted by molar-refractivity contribution is 0.415. The van der Waals surface area contributed by atoms with Gasteiger partial charge in [-0.1, -0.05) is 11.8 Å². The molecule has 0 spiro atoms. The Balaban J connectivity index is 2.54. The predicted octanol–water partition coefficient (Wildman–Crippen LogP) is 0.986. The fourth-order valence-electron chi connectivity index (χ4n) is 1.07. The van der Waals surface area contributed by atoms with Crippen LogP contribution in [-0.4, -0.2) is 27.8 Å². The number of methoxy groups -OCH3 is 1. The zero-order valence-electron chi connectivity index (χ0n) is 9.86. The van der Waals surface area contributed by atoms with Crippen molar-refractivity contribution >= 4 is 10.0 Å². The maximum absolute atomic E-state index is 11.1. The third kappa shape index (κ3) is 4.89. The molecule has 17 heavy (non-hydrogen) atoms. The second kappa shape index (κ2) is 6.28. The Bertz CT molecular complexity index is 509. The van der Waals surface area contributed by atoms with Gasteiger partial charge in [-0.15, -0.1) is 0 Å². The summed E-state index contributed by atoms with van der Waals surface area (Å²) in [6, 6.07) is 7.25. The Morgan fingerprint density at radius 3 is 2.47 bits per heavy atom. The summed E-state index contributed by atoms with van der Waals surface area (Å²) < 4.78 is 29.6. The topological polar surface area (TPSA) is 55.4 Å².